The SMILES string of the molecule is [Zn].[Zn].c1ccc([C@]23N=C(Nc4nc5ccccc5[nH]4)N[C@@]2(c2ccccn2)N=C(Nc2nc4ccccc4[nH]2)[N-]3)nc1.c1ccc([C@]23N=C(Nc4nc5ccccc5[nH]4)N[C@@]2(c2ccccn2)N=C(Nc2nc4ccccc4[nH]2)[N-]3)nc1. The summed E-state index contributed by atoms with van der Waals surface area (Å²) in [6.45, 7) is 0. The zero-order valence-electron chi connectivity index (χ0n) is 43.2. The zero-order chi connectivity index (χ0) is 53.1. The molecule has 0 aliphatic carbocycles. The molecule has 0 spiro atoms. The largest absolute Gasteiger partial charge is 0.383 e. The van der Waals surface area contributed by atoms with Gasteiger partial charge in [-0.05, 0) is 97.1 Å². The van der Waals surface area contributed by atoms with E-state index in [0.717, 1.165) is 44.1 Å². The molecule has 12 aromatic rings. The van der Waals surface area contributed by atoms with Crippen LogP contribution in [0.1, 0.15) is 22.8 Å². The number of hydrogen-bond donors (Lipinski definition) is 10. The molecule has 4 aliphatic rings. The van der Waals surface area contributed by atoms with Crippen LogP contribution in [0, 0.1) is 0 Å². The number of para-hydroxylation sites is 8. The van der Waals surface area contributed by atoms with Crippen molar-refractivity contribution in [1.29, 1.82) is 0 Å². The number of anilines is 4. The van der Waals surface area contributed by atoms with Crippen molar-refractivity contribution in [2.45, 2.75) is 22.7 Å². The van der Waals surface area contributed by atoms with E-state index in [4.69, 9.17) is 30.6 Å². The van der Waals surface area contributed by atoms with Crippen molar-refractivity contribution < 1.29 is 39.0 Å². The fraction of sp³-hybridized carbons (Fsp3) is 0.0714. The van der Waals surface area contributed by atoms with E-state index in [2.05, 4.69) is 91.7 Å². The molecular weight excluding hydrogens is 1140 g/mol. The third kappa shape index (κ3) is 8.59. The second-order valence-electron chi connectivity index (χ2n) is 18.8. The Hall–Kier alpha value is -10.3. The number of aromatic amines is 4. The molecule has 24 nitrogen and oxygen atoms in total. The summed E-state index contributed by atoms with van der Waals surface area (Å²) in [5.74, 6) is 3.59. The van der Waals surface area contributed by atoms with Crippen molar-refractivity contribution in [2.24, 2.45) is 20.0 Å². The molecule has 0 saturated heterocycles. The van der Waals surface area contributed by atoms with Gasteiger partial charge in [-0.1, -0.05) is 72.8 Å². The van der Waals surface area contributed by atoms with Crippen LogP contribution in [0.25, 0.3) is 54.8 Å². The average Bonchev–Trinajstić information content (AvgIpc) is 2.57. The van der Waals surface area contributed by atoms with Crippen LogP contribution in [0.4, 0.5) is 23.8 Å². The van der Waals surface area contributed by atoms with E-state index in [1.165, 1.54) is 0 Å². The number of pyridine rings is 4. The average molecular weight is 1180 g/mol. The summed E-state index contributed by atoms with van der Waals surface area (Å²) in [6, 6.07) is 53.8. The third-order valence-corrected chi connectivity index (χ3v) is 13.8. The molecule has 8 aromatic heterocycles. The summed E-state index contributed by atoms with van der Waals surface area (Å²) in [6.07, 6.45) is 6.88. The molecule has 4 aliphatic heterocycles. The van der Waals surface area contributed by atoms with Gasteiger partial charge < -0.3 is 61.8 Å². The van der Waals surface area contributed by atoms with Crippen LogP contribution in [0.15, 0.2) is 215 Å². The van der Waals surface area contributed by atoms with Crippen LogP contribution in [0.2, 0.25) is 0 Å². The first-order valence-electron chi connectivity index (χ1n) is 25.4. The molecule has 10 N–H and O–H groups in total. The van der Waals surface area contributed by atoms with Crippen LogP contribution in [-0.4, -0.2) is 83.6 Å². The Morgan fingerprint density at radius 1 is 0.317 bits per heavy atom. The van der Waals surface area contributed by atoms with Gasteiger partial charge in [0.15, 0.2) is 22.7 Å². The van der Waals surface area contributed by atoms with Gasteiger partial charge in [-0.2, -0.15) is 0 Å². The number of H-pyrrole nitrogens is 4. The van der Waals surface area contributed by atoms with Crippen molar-refractivity contribution >= 4 is 91.8 Å². The number of benzene rings is 4. The molecule has 0 amide bonds. The van der Waals surface area contributed by atoms with E-state index in [1.807, 2.05) is 170 Å². The molecule has 0 bridgehead atoms. The Bertz CT molecular complexity index is 3730. The molecule has 0 radical (unpaired) electrons. The van der Waals surface area contributed by atoms with Gasteiger partial charge in [0.2, 0.25) is 23.8 Å². The Kier molecular flexibility index (Phi) is 12.7. The number of guanidine groups is 4. The summed E-state index contributed by atoms with van der Waals surface area (Å²) in [5.41, 5.74) is 4.26. The van der Waals surface area contributed by atoms with Gasteiger partial charge in [0.25, 0.3) is 0 Å². The smallest absolute Gasteiger partial charge is 0.208 e. The van der Waals surface area contributed by atoms with Crippen LogP contribution in [-0.2, 0) is 61.6 Å². The Morgan fingerprint density at radius 2 is 0.610 bits per heavy atom. The van der Waals surface area contributed by atoms with Gasteiger partial charge in [-0.15, -0.1) is 0 Å². The number of fused-ring (bicyclic) bond motifs is 6. The standard InChI is InChI=1S/2C28H21N12.2Zn/c2*1-2-10-18-17(9-1)31-23(32-18)35-25-37-27(21-13-5-7-15-29-21)28(38-25,22-14-6-8-16-30-22)40-26(39-27)36-24-33-19-11-3-4-12-20(19)34-24;;/h2*1-16H,(H5-,31,32,33,34,35,36,37,38,39,40);;/q2*-1;;/t2*27-,28+;;. The summed E-state index contributed by atoms with van der Waals surface area (Å²) in [4.78, 5) is 70.7. The second kappa shape index (κ2) is 20.4. The molecule has 12 heterocycles. The van der Waals surface area contributed by atoms with E-state index >= 15 is 0 Å². The monoisotopic (exact) mass is 1180 g/mol. The van der Waals surface area contributed by atoms with E-state index in [0.29, 0.717) is 70.4 Å². The first kappa shape index (κ1) is 51.1. The summed E-state index contributed by atoms with van der Waals surface area (Å²) in [7, 11) is 0. The first-order valence-corrected chi connectivity index (χ1v) is 25.4. The fourth-order valence-corrected chi connectivity index (χ4v) is 10.4. The maximum absolute atomic E-state index is 5.08. The minimum atomic E-state index is -1.31. The molecule has 0 fully saturated rings. The number of nitrogens with zero attached hydrogens (tertiary/aromatic N) is 14. The summed E-state index contributed by atoms with van der Waals surface area (Å²) in [5, 5.41) is 30.1. The first-order chi connectivity index (χ1) is 39.4. The van der Waals surface area contributed by atoms with Gasteiger partial charge in [0.1, 0.15) is 11.9 Å². The quantitative estimate of drug-likeness (QED) is 0.0640. The molecular formula is C56H42N24Zn2-2. The topological polar surface area (TPSA) is 316 Å². The minimum Gasteiger partial charge on any atom is -0.383 e. The van der Waals surface area contributed by atoms with Gasteiger partial charge in [-0.25, -0.2) is 29.9 Å². The van der Waals surface area contributed by atoms with Crippen LogP contribution in [0.3, 0.4) is 0 Å². The summed E-state index contributed by atoms with van der Waals surface area (Å²) >= 11 is 0. The number of rotatable bonds is 8. The van der Waals surface area contributed by atoms with Gasteiger partial charge in [-0.3, -0.25) is 30.6 Å². The van der Waals surface area contributed by atoms with E-state index in [9.17, 15) is 0 Å². The molecule has 0 unspecified atom stereocenters. The molecule has 82 heavy (non-hydrogen) atoms. The number of nitrogens with one attached hydrogen (secondary N) is 10. The predicted octanol–water partition coefficient (Wildman–Crippen LogP) is 8.32. The van der Waals surface area contributed by atoms with Crippen LogP contribution >= 0.6 is 0 Å². The van der Waals surface area contributed by atoms with Crippen molar-refractivity contribution in [3.63, 3.8) is 0 Å². The third-order valence-electron chi connectivity index (χ3n) is 13.8. The van der Waals surface area contributed by atoms with Crippen LogP contribution < -0.4 is 31.9 Å². The van der Waals surface area contributed by atoms with Crippen LogP contribution in [0.5, 0.6) is 0 Å². The normalized spacial score (nSPS) is 20.9. The Morgan fingerprint density at radius 3 is 0.915 bits per heavy atom. The van der Waals surface area contributed by atoms with Gasteiger partial charge in [0.05, 0.1) is 66.9 Å². The number of imidazole rings is 4. The van der Waals surface area contributed by atoms with Gasteiger partial charge in [0, 0.05) is 75.7 Å². The van der Waals surface area contributed by atoms with Crippen molar-refractivity contribution in [1.82, 2.24) is 70.4 Å². The maximum atomic E-state index is 5.08. The van der Waals surface area contributed by atoms with E-state index in [1.54, 1.807) is 24.8 Å². The molecule has 4 atom stereocenters. The second-order valence-corrected chi connectivity index (χ2v) is 18.8. The molecule has 26 heteroatoms. The minimum absolute atomic E-state index is 0. The van der Waals surface area contributed by atoms with Crippen molar-refractivity contribution in [3.8, 4) is 0 Å². The fourth-order valence-electron chi connectivity index (χ4n) is 10.4. The Labute approximate surface area is 490 Å². The number of hydrogen-bond acceptors (Lipinski definition) is 18. The van der Waals surface area contributed by atoms with E-state index in [-0.39, 0.29) is 39.0 Å². The van der Waals surface area contributed by atoms with Crippen molar-refractivity contribution in [3.05, 3.63) is 228 Å². The van der Waals surface area contributed by atoms with E-state index < -0.39 is 22.7 Å². The molecule has 4 aromatic carbocycles. The number of aliphatic imine (C=N–C) groups is 4. The molecule has 0 saturated carbocycles. The number of aromatic nitrogens is 12. The molecule has 16 rings (SSSR count). The van der Waals surface area contributed by atoms with Crippen molar-refractivity contribution in [2.75, 3.05) is 21.3 Å². The maximum Gasteiger partial charge on any atom is 0.208 e. The zero-order valence-corrected chi connectivity index (χ0v) is 49.1. The molecule has 392 valence electrons. The predicted molar refractivity (Wildman–Crippen MR) is 305 cm³/mol. The summed E-state index contributed by atoms with van der Waals surface area (Å²) < 4.78 is 0. The Balaban J connectivity index is 0.000000150. The van der Waals surface area contributed by atoms with Gasteiger partial charge >= 0.3 is 0 Å².